The maximum absolute atomic E-state index is 12.2. The number of methoxy groups -OCH3 is 1. The van der Waals surface area contributed by atoms with Gasteiger partial charge >= 0.3 is 0 Å². The number of nitrogens with zero attached hydrogens (tertiary/aromatic N) is 3. The molecule has 0 unspecified atom stereocenters. The largest absolute Gasteiger partial charge is 0.497 e. The first-order valence-corrected chi connectivity index (χ1v) is 15.0. The van der Waals surface area contributed by atoms with Crippen LogP contribution in [0.15, 0.2) is 41.7 Å². The van der Waals surface area contributed by atoms with Gasteiger partial charge in [0, 0.05) is 20.9 Å². The molecule has 0 spiro atoms. The van der Waals surface area contributed by atoms with Gasteiger partial charge in [-0.15, -0.1) is 0 Å². The van der Waals surface area contributed by atoms with Crippen LogP contribution in [0.4, 0.5) is 0 Å². The molecule has 0 N–H and O–H groups in total. The Bertz CT molecular complexity index is 1100. The summed E-state index contributed by atoms with van der Waals surface area (Å²) in [6.07, 6.45) is 2.44. The van der Waals surface area contributed by atoms with E-state index in [9.17, 15) is 8.42 Å². The third kappa shape index (κ3) is 5.03. The third-order valence-corrected chi connectivity index (χ3v) is 7.34. The van der Waals surface area contributed by atoms with Crippen LogP contribution in [0.25, 0.3) is 22.3 Å². The van der Waals surface area contributed by atoms with E-state index in [1.807, 2.05) is 34.9 Å². The molecule has 0 bridgehead atoms. The average molecular weight is 434 g/mol. The van der Waals surface area contributed by atoms with Gasteiger partial charge in [0.05, 0.1) is 18.2 Å². The van der Waals surface area contributed by atoms with Crippen molar-refractivity contribution in [3.05, 3.63) is 36.7 Å². The summed E-state index contributed by atoms with van der Waals surface area (Å²) in [7, 11) is -3.08. The van der Waals surface area contributed by atoms with Gasteiger partial charge in [-0.2, -0.15) is 0 Å². The van der Waals surface area contributed by atoms with Gasteiger partial charge in [0.1, 0.15) is 24.5 Å². The number of aromatic nitrogens is 3. The van der Waals surface area contributed by atoms with Gasteiger partial charge in [-0.1, -0.05) is 19.6 Å². The fourth-order valence-corrected chi connectivity index (χ4v) is 4.55. The minimum atomic E-state index is -3.49. The van der Waals surface area contributed by atoms with Crippen molar-refractivity contribution in [1.29, 1.82) is 0 Å². The van der Waals surface area contributed by atoms with E-state index in [0.29, 0.717) is 17.6 Å². The number of hydrogen-bond acceptors (Lipinski definition) is 6. The molecule has 3 aromatic rings. The third-order valence-electron chi connectivity index (χ3n) is 4.61. The Balaban J connectivity index is 2.07. The number of fused-ring (bicyclic) bond motifs is 1. The van der Waals surface area contributed by atoms with E-state index in [-0.39, 0.29) is 11.8 Å². The molecule has 0 radical (unpaired) electrons. The van der Waals surface area contributed by atoms with Crippen molar-refractivity contribution in [2.75, 3.05) is 20.0 Å². The monoisotopic (exact) mass is 433 g/mol. The van der Waals surface area contributed by atoms with Crippen molar-refractivity contribution in [2.24, 2.45) is 0 Å². The average Bonchev–Trinajstić information content (AvgIpc) is 3.02. The number of ether oxygens (including phenoxy) is 2. The maximum Gasteiger partial charge on any atom is 0.193 e. The first kappa shape index (κ1) is 21.5. The van der Waals surface area contributed by atoms with E-state index >= 15 is 0 Å². The van der Waals surface area contributed by atoms with Crippen molar-refractivity contribution in [3.8, 4) is 17.0 Å². The van der Waals surface area contributed by atoms with Gasteiger partial charge in [-0.25, -0.2) is 18.4 Å². The zero-order valence-corrected chi connectivity index (χ0v) is 19.3. The SMILES string of the molecule is COc1ccc(-c2cc3c(S(C)(=O)=O)ncnc3n2COCC[Si](C)(C)C)cc1. The van der Waals surface area contributed by atoms with Crippen molar-refractivity contribution in [2.45, 2.75) is 37.4 Å². The van der Waals surface area contributed by atoms with Gasteiger partial charge in [0.15, 0.2) is 14.9 Å². The Labute approximate surface area is 172 Å². The van der Waals surface area contributed by atoms with Crippen LogP contribution in [0.3, 0.4) is 0 Å². The molecule has 0 saturated heterocycles. The molecular formula is C20H27N3O4SSi. The first-order chi connectivity index (χ1) is 13.6. The van der Waals surface area contributed by atoms with Crippen LogP contribution in [0.5, 0.6) is 5.75 Å². The van der Waals surface area contributed by atoms with Crippen LogP contribution in [-0.2, 0) is 21.3 Å². The summed E-state index contributed by atoms with van der Waals surface area (Å²) in [6, 6.07) is 10.5. The van der Waals surface area contributed by atoms with E-state index in [1.165, 1.54) is 6.33 Å². The molecule has 0 amide bonds. The Morgan fingerprint density at radius 3 is 2.38 bits per heavy atom. The van der Waals surface area contributed by atoms with Gasteiger partial charge in [0.2, 0.25) is 0 Å². The molecule has 0 atom stereocenters. The molecule has 156 valence electrons. The highest BCUT2D eigenvalue weighted by atomic mass is 32.2. The number of sulfone groups is 1. The number of rotatable bonds is 8. The smallest absolute Gasteiger partial charge is 0.193 e. The zero-order valence-electron chi connectivity index (χ0n) is 17.5. The molecular weight excluding hydrogens is 406 g/mol. The van der Waals surface area contributed by atoms with E-state index in [0.717, 1.165) is 29.3 Å². The van der Waals surface area contributed by atoms with Gasteiger partial charge in [0.25, 0.3) is 0 Å². The Hall–Kier alpha value is -2.23. The van der Waals surface area contributed by atoms with Crippen LogP contribution >= 0.6 is 0 Å². The lowest BCUT2D eigenvalue weighted by molar-refractivity contribution is 0.0909. The van der Waals surface area contributed by atoms with E-state index in [2.05, 4.69) is 29.6 Å². The van der Waals surface area contributed by atoms with E-state index in [1.54, 1.807) is 7.11 Å². The highest BCUT2D eigenvalue weighted by Crippen LogP contribution is 2.31. The molecule has 0 aliphatic heterocycles. The van der Waals surface area contributed by atoms with E-state index in [4.69, 9.17) is 9.47 Å². The minimum Gasteiger partial charge on any atom is -0.497 e. The Morgan fingerprint density at radius 2 is 1.79 bits per heavy atom. The first-order valence-electron chi connectivity index (χ1n) is 9.36. The summed E-state index contributed by atoms with van der Waals surface area (Å²) in [4.78, 5) is 8.37. The fraction of sp³-hybridized carbons (Fsp3) is 0.400. The van der Waals surface area contributed by atoms with Crippen molar-refractivity contribution < 1.29 is 17.9 Å². The summed E-state index contributed by atoms with van der Waals surface area (Å²) in [5.74, 6) is 0.749. The topological polar surface area (TPSA) is 83.3 Å². The molecule has 3 rings (SSSR count). The zero-order chi connectivity index (χ0) is 21.2. The van der Waals surface area contributed by atoms with Crippen LogP contribution in [0.2, 0.25) is 25.7 Å². The Kier molecular flexibility index (Phi) is 6.11. The standard InChI is InChI=1S/C20H27N3O4SSi/c1-26-16-8-6-15(7-9-16)18-12-17-19(21-13-22-20(17)28(2,24)25)23(18)14-27-10-11-29(3,4)5/h6-9,12-13H,10-11,14H2,1-5H3. The van der Waals surface area contributed by atoms with Crippen LogP contribution in [0.1, 0.15) is 0 Å². The predicted molar refractivity (Wildman–Crippen MR) is 117 cm³/mol. The summed E-state index contributed by atoms with van der Waals surface area (Å²) in [5.41, 5.74) is 2.28. The van der Waals surface area contributed by atoms with Gasteiger partial charge in [-0.3, -0.25) is 0 Å². The molecule has 2 aromatic heterocycles. The highest BCUT2D eigenvalue weighted by Gasteiger charge is 2.21. The predicted octanol–water partition coefficient (Wildman–Crippen LogP) is 3.82. The maximum atomic E-state index is 12.2. The second-order valence-electron chi connectivity index (χ2n) is 8.22. The van der Waals surface area contributed by atoms with Crippen LogP contribution in [0, 0.1) is 0 Å². The number of hydrogen-bond donors (Lipinski definition) is 0. The normalized spacial score (nSPS) is 12.4. The van der Waals surface area contributed by atoms with Crippen molar-refractivity contribution >= 4 is 28.9 Å². The summed E-state index contributed by atoms with van der Waals surface area (Å²) < 4.78 is 37.5. The van der Waals surface area contributed by atoms with Gasteiger partial charge in [-0.05, 0) is 41.9 Å². The van der Waals surface area contributed by atoms with Crippen molar-refractivity contribution in [3.63, 3.8) is 0 Å². The summed E-state index contributed by atoms with van der Waals surface area (Å²) in [5, 5.41) is 0.521. The lowest BCUT2D eigenvalue weighted by Gasteiger charge is -2.16. The molecule has 1 aromatic carbocycles. The van der Waals surface area contributed by atoms with E-state index < -0.39 is 17.9 Å². The summed E-state index contributed by atoms with van der Waals surface area (Å²) >= 11 is 0. The number of benzene rings is 1. The molecule has 0 saturated carbocycles. The van der Waals surface area contributed by atoms with Crippen molar-refractivity contribution in [1.82, 2.24) is 14.5 Å². The Morgan fingerprint density at radius 1 is 1.10 bits per heavy atom. The fourth-order valence-electron chi connectivity index (χ4n) is 3.00. The minimum absolute atomic E-state index is 0.0260. The summed E-state index contributed by atoms with van der Waals surface area (Å²) in [6.45, 7) is 7.85. The quantitative estimate of drug-likeness (QED) is 0.305. The molecule has 0 aliphatic rings. The lowest BCUT2D eigenvalue weighted by atomic mass is 10.1. The van der Waals surface area contributed by atoms with Crippen LogP contribution < -0.4 is 4.74 Å². The highest BCUT2D eigenvalue weighted by molar-refractivity contribution is 7.90. The molecule has 29 heavy (non-hydrogen) atoms. The van der Waals surface area contributed by atoms with Gasteiger partial charge < -0.3 is 14.0 Å². The second kappa shape index (κ2) is 8.25. The molecule has 0 fully saturated rings. The second-order valence-corrected chi connectivity index (χ2v) is 15.8. The molecule has 7 nitrogen and oxygen atoms in total. The van der Waals surface area contributed by atoms with Crippen LogP contribution in [-0.4, -0.2) is 51.0 Å². The molecule has 9 heteroatoms. The molecule has 2 heterocycles. The lowest BCUT2D eigenvalue weighted by Crippen LogP contribution is -2.22. The molecule has 0 aliphatic carbocycles.